The molecule has 0 aromatic rings. The molecular weight excluding hydrogens is 124 g/mol. The van der Waals surface area contributed by atoms with Crippen molar-refractivity contribution in [3.63, 3.8) is 0 Å². The van der Waals surface area contributed by atoms with Gasteiger partial charge in [-0.25, -0.2) is 0 Å². The molecule has 10 heavy (non-hydrogen) atoms. The molecule has 1 rings (SSSR count). The van der Waals surface area contributed by atoms with Crippen LogP contribution >= 0.6 is 0 Å². The Hall–Kier alpha value is -0.920. The van der Waals surface area contributed by atoms with Crippen molar-refractivity contribution in [3.05, 3.63) is 24.0 Å². The quantitative estimate of drug-likeness (QED) is 0.543. The molecule has 0 fully saturated rings. The van der Waals surface area contributed by atoms with Crippen molar-refractivity contribution in [1.82, 2.24) is 10.0 Å². The Morgan fingerprint density at radius 1 is 1.50 bits per heavy atom. The number of hydrogen-bond acceptors (Lipinski definition) is 2. The van der Waals surface area contributed by atoms with E-state index >= 15 is 0 Å². The van der Waals surface area contributed by atoms with Crippen LogP contribution < -0.4 is 0 Å². The van der Waals surface area contributed by atoms with E-state index in [0.717, 1.165) is 6.54 Å². The molecule has 1 heterocycles. The van der Waals surface area contributed by atoms with Gasteiger partial charge in [-0.3, -0.25) is 10.0 Å². The number of nitrogens with zero attached hydrogens (tertiary/aromatic N) is 2. The van der Waals surface area contributed by atoms with Crippen molar-refractivity contribution in [2.24, 2.45) is 0 Å². The molecule has 1 aliphatic heterocycles. The SMILES string of the molecule is CCN1C=CC=C(C)N1C. The molecule has 0 spiro atoms. The largest absolute Gasteiger partial charge is 0.293 e. The normalized spacial score (nSPS) is 17.7. The van der Waals surface area contributed by atoms with E-state index in [-0.39, 0.29) is 0 Å². The van der Waals surface area contributed by atoms with E-state index in [0.29, 0.717) is 0 Å². The molecular formula is C8H14N2. The number of allylic oxidation sites excluding steroid dienone is 3. The smallest absolute Gasteiger partial charge is 0.0360 e. The minimum absolute atomic E-state index is 1.03. The first-order valence-corrected chi connectivity index (χ1v) is 3.61. The van der Waals surface area contributed by atoms with Gasteiger partial charge in [0.2, 0.25) is 0 Å². The van der Waals surface area contributed by atoms with Gasteiger partial charge in [-0.1, -0.05) is 0 Å². The van der Waals surface area contributed by atoms with Gasteiger partial charge in [-0.15, -0.1) is 0 Å². The molecule has 0 saturated carbocycles. The third-order valence-electron chi connectivity index (χ3n) is 1.82. The first kappa shape index (κ1) is 7.19. The molecule has 56 valence electrons. The van der Waals surface area contributed by atoms with E-state index in [1.807, 2.05) is 0 Å². The maximum absolute atomic E-state index is 2.16. The summed E-state index contributed by atoms with van der Waals surface area (Å²) in [5.41, 5.74) is 1.28. The molecule has 0 bridgehead atoms. The fourth-order valence-electron chi connectivity index (χ4n) is 1.01. The zero-order valence-electron chi connectivity index (χ0n) is 6.83. The van der Waals surface area contributed by atoms with Gasteiger partial charge in [-0.2, -0.15) is 0 Å². The molecule has 0 saturated heterocycles. The van der Waals surface area contributed by atoms with Gasteiger partial charge in [0, 0.05) is 25.5 Å². The van der Waals surface area contributed by atoms with E-state index in [4.69, 9.17) is 0 Å². The summed E-state index contributed by atoms with van der Waals surface area (Å²) >= 11 is 0. The summed E-state index contributed by atoms with van der Waals surface area (Å²) in [6, 6.07) is 0. The van der Waals surface area contributed by atoms with Gasteiger partial charge in [0.1, 0.15) is 0 Å². The molecule has 0 aliphatic carbocycles. The van der Waals surface area contributed by atoms with Crippen molar-refractivity contribution in [2.75, 3.05) is 13.6 Å². The van der Waals surface area contributed by atoms with Gasteiger partial charge >= 0.3 is 0 Å². The Labute approximate surface area is 62.4 Å². The molecule has 2 nitrogen and oxygen atoms in total. The predicted octanol–water partition coefficient (Wildman–Crippen LogP) is 1.59. The highest BCUT2D eigenvalue weighted by Gasteiger charge is 2.06. The van der Waals surface area contributed by atoms with Gasteiger partial charge < -0.3 is 0 Å². The second-order valence-electron chi connectivity index (χ2n) is 2.43. The molecule has 0 radical (unpaired) electrons. The minimum Gasteiger partial charge on any atom is -0.293 e. The van der Waals surface area contributed by atoms with E-state index in [1.54, 1.807) is 0 Å². The third kappa shape index (κ3) is 1.15. The average Bonchev–Trinajstić information content (AvgIpc) is 1.95. The van der Waals surface area contributed by atoms with Crippen LogP contribution in [0.2, 0.25) is 0 Å². The number of hydrazine groups is 1. The first-order valence-electron chi connectivity index (χ1n) is 3.61. The Morgan fingerprint density at radius 3 is 2.70 bits per heavy atom. The average molecular weight is 138 g/mol. The maximum atomic E-state index is 2.16. The number of rotatable bonds is 1. The van der Waals surface area contributed by atoms with Crippen LogP contribution in [0.15, 0.2) is 24.0 Å². The Bertz CT molecular complexity index is 170. The molecule has 0 aromatic carbocycles. The summed E-state index contributed by atoms with van der Waals surface area (Å²) in [6.45, 7) is 5.27. The summed E-state index contributed by atoms with van der Waals surface area (Å²) in [6.07, 6.45) is 6.25. The Morgan fingerprint density at radius 2 is 2.20 bits per heavy atom. The van der Waals surface area contributed by atoms with Crippen LogP contribution in [0.4, 0.5) is 0 Å². The highest BCUT2D eigenvalue weighted by Crippen LogP contribution is 2.10. The lowest BCUT2D eigenvalue weighted by Crippen LogP contribution is -2.35. The van der Waals surface area contributed by atoms with Crippen LogP contribution in [0.3, 0.4) is 0 Å². The summed E-state index contributed by atoms with van der Waals surface area (Å²) in [4.78, 5) is 0. The fraction of sp³-hybridized carbons (Fsp3) is 0.500. The third-order valence-corrected chi connectivity index (χ3v) is 1.82. The van der Waals surface area contributed by atoms with Gasteiger partial charge in [-0.05, 0) is 26.0 Å². The van der Waals surface area contributed by atoms with E-state index in [1.165, 1.54) is 5.70 Å². The zero-order chi connectivity index (χ0) is 7.56. The topological polar surface area (TPSA) is 6.48 Å². The summed E-state index contributed by atoms with van der Waals surface area (Å²) in [5.74, 6) is 0. The van der Waals surface area contributed by atoms with Crippen molar-refractivity contribution in [2.45, 2.75) is 13.8 Å². The zero-order valence-corrected chi connectivity index (χ0v) is 6.83. The van der Waals surface area contributed by atoms with Crippen LogP contribution in [0.1, 0.15) is 13.8 Å². The Balaban J connectivity index is 2.68. The maximum Gasteiger partial charge on any atom is 0.0360 e. The fourth-order valence-corrected chi connectivity index (χ4v) is 1.01. The molecule has 0 amide bonds. The summed E-state index contributed by atoms with van der Waals surface area (Å²) in [5, 5.41) is 4.30. The van der Waals surface area contributed by atoms with Crippen molar-refractivity contribution in [1.29, 1.82) is 0 Å². The van der Waals surface area contributed by atoms with Crippen molar-refractivity contribution in [3.8, 4) is 0 Å². The lowest BCUT2D eigenvalue weighted by molar-refractivity contribution is 0.0948. The van der Waals surface area contributed by atoms with Crippen LogP contribution in [-0.2, 0) is 0 Å². The van der Waals surface area contributed by atoms with Crippen LogP contribution in [0.25, 0.3) is 0 Å². The molecule has 0 unspecified atom stereocenters. The second-order valence-corrected chi connectivity index (χ2v) is 2.43. The van der Waals surface area contributed by atoms with Gasteiger partial charge in [0.25, 0.3) is 0 Å². The molecule has 0 aromatic heterocycles. The van der Waals surface area contributed by atoms with E-state index in [2.05, 4.69) is 49.3 Å². The highest BCUT2D eigenvalue weighted by atomic mass is 15.6. The second kappa shape index (κ2) is 2.78. The number of hydrogen-bond donors (Lipinski definition) is 0. The minimum atomic E-state index is 1.03. The van der Waals surface area contributed by atoms with Crippen molar-refractivity contribution >= 4 is 0 Å². The monoisotopic (exact) mass is 138 g/mol. The standard InChI is InChI=1S/C8H14N2/c1-4-10-7-5-6-8(2)9(10)3/h5-7H,4H2,1-3H3. The molecule has 2 heteroatoms. The Kier molecular flexibility index (Phi) is 2.00. The van der Waals surface area contributed by atoms with Crippen LogP contribution in [-0.4, -0.2) is 23.6 Å². The van der Waals surface area contributed by atoms with Crippen LogP contribution in [0, 0.1) is 0 Å². The molecule has 1 aliphatic rings. The van der Waals surface area contributed by atoms with Gasteiger partial charge in [0.15, 0.2) is 0 Å². The van der Waals surface area contributed by atoms with E-state index < -0.39 is 0 Å². The lowest BCUT2D eigenvalue weighted by atomic mass is 10.3. The molecule has 0 atom stereocenters. The molecule has 0 N–H and O–H groups in total. The van der Waals surface area contributed by atoms with Crippen molar-refractivity contribution < 1.29 is 0 Å². The lowest BCUT2D eigenvalue weighted by Gasteiger charge is -2.34. The summed E-state index contributed by atoms with van der Waals surface area (Å²) < 4.78 is 0. The highest BCUT2D eigenvalue weighted by molar-refractivity contribution is 5.12. The van der Waals surface area contributed by atoms with Gasteiger partial charge in [0.05, 0.1) is 0 Å². The summed E-state index contributed by atoms with van der Waals surface area (Å²) in [7, 11) is 2.07. The van der Waals surface area contributed by atoms with E-state index in [9.17, 15) is 0 Å². The first-order chi connectivity index (χ1) is 4.75. The predicted molar refractivity (Wildman–Crippen MR) is 43.0 cm³/mol. The van der Waals surface area contributed by atoms with Crippen LogP contribution in [0.5, 0.6) is 0 Å².